The highest BCUT2D eigenvalue weighted by molar-refractivity contribution is 6.18. The predicted octanol–water partition coefficient (Wildman–Crippen LogP) is 4.73. The third-order valence-corrected chi connectivity index (χ3v) is 6.17. The highest BCUT2D eigenvalue weighted by Crippen LogP contribution is 2.39. The van der Waals surface area contributed by atoms with Crippen molar-refractivity contribution in [2.24, 2.45) is 4.99 Å². The van der Waals surface area contributed by atoms with Crippen molar-refractivity contribution < 1.29 is 4.74 Å². The first kappa shape index (κ1) is 20.6. The summed E-state index contributed by atoms with van der Waals surface area (Å²) in [4.78, 5) is 8.83. The van der Waals surface area contributed by atoms with Gasteiger partial charge < -0.3 is 15.5 Å². The van der Waals surface area contributed by atoms with Crippen LogP contribution in [0.15, 0.2) is 78.0 Å². The average Bonchev–Trinajstić information content (AvgIpc) is 3.71. The van der Waals surface area contributed by atoms with E-state index in [0.29, 0.717) is 18.9 Å². The number of rotatable bonds is 8. The van der Waals surface area contributed by atoms with Crippen molar-refractivity contribution in [3.8, 4) is 5.75 Å². The van der Waals surface area contributed by atoms with Crippen LogP contribution in [-0.4, -0.2) is 36.0 Å². The largest absolute Gasteiger partial charge is 0.489 e. The normalized spacial score (nSPS) is 16.8. The lowest BCUT2D eigenvalue weighted by molar-refractivity contribution is 0.306. The zero-order valence-electron chi connectivity index (χ0n) is 18.1. The second-order valence-corrected chi connectivity index (χ2v) is 8.51. The fraction of sp³-hybridized carbons (Fsp3) is 0.296. The van der Waals surface area contributed by atoms with E-state index < -0.39 is 0 Å². The number of nitrogens with one attached hydrogen (secondary N) is 2. The van der Waals surface area contributed by atoms with Gasteiger partial charge in [-0.05, 0) is 65.3 Å². The number of aliphatic imine (C=N–C) groups is 1. The van der Waals surface area contributed by atoms with Crippen LogP contribution < -0.4 is 10.1 Å². The van der Waals surface area contributed by atoms with Crippen LogP contribution in [-0.2, 0) is 6.61 Å². The van der Waals surface area contributed by atoms with Gasteiger partial charge in [-0.25, -0.2) is 0 Å². The molecule has 2 aromatic carbocycles. The minimum atomic E-state index is -0.186. The predicted molar refractivity (Wildman–Crippen MR) is 128 cm³/mol. The molecule has 0 saturated heterocycles. The SMILES string of the molecule is N=C(c1ccncc1)C(C1=NCCNC1)c1ccc(OCc2ccc(C3CC3)cc2)cc1. The van der Waals surface area contributed by atoms with E-state index in [0.717, 1.165) is 41.6 Å². The molecule has 5 nitrogen and oxygen atoms in total. The molecule has 0 spiro atoms. The van der Waals surface area contributed by atoms with Crippen LogP contribution in [0, 0.1) is 5.41 Å². The average molecular weight is 425 g/mol. The second-order valence-electron chi connectivity index (χ2n) is 8.51. The second kappa shape index (κ2) is 9.45. The smallest absolute Gasteiger partial charge is 0.119 e. The van der Waals surface area contributed by atoms with Gasteiger partial charge in [-0.1, -0.05) is 36.4 Å². The van der Waals surface area contributed by atoms with Crippen LogP contribution in [0.1, 0.15) is 46.9 Å². The van der Waals surface area contributed by atoms with E-state index in [2.05, 4.69) is 46.7 Å². The third kappa shape index (κ3) is 4.78. The molecular weight excluding hydrogens is 396 g/mol. The Morgan fingerprint density at radius 1 is 1.00 bits per heavy atom. The van der Waals surface area contributed by atoms with E-state index in [9.17, 15) is 0 Å². The molecule has 1 aliphatic heterocycles. The zero-order chi connectivity index (χ0) is 21.8. The Hall–Kier alpha value is -3.31. The summed E-state index contributed by atoms with van der Waals surface area (Å²) < 4.78 is 6.03. The first-order chi connectivity index (χ1) is 15.8. The van der Waals surface area contributed by atoms with Gasteiger partial charge in [0, 0.05) is 31.2 Å². The maximum Gasteiger partial charge on any atom is 0.119 e. The molecule has 0 bridgehead atoms. The quantitative estimate of drug-likeness (QED) is 0.514. The molecular formula is C27H28N4O. The minimum absolute atomic E-state index is 0.186. The van der Waals surface area contributed by atoms with Crippen LogP contribution in [0.2, 0.25) is 0 Å². The summed E-state index contributed by atoms with van der Waals surface area (Å²) >= 11 is 0. The molecule has 0 amide bonds. The first-order valence-electron chi connectivity index (χ1n) is 11.3. The van der Waals surface area contributed by atoms with Crippen LogP contribution in [0.25, 0.3) is 0 Å². The lowest BCUT2D eigenvalue weighted by Gasteiger charge is -2.24. The minimum Gasteiger partial charge on any atom is -0.489 e. The fourth-order valence-electron chi connectivity index (χ4n) is 4.19. The number of ether oxygens (including phenoxy) is 1. The van der Waals surface area contributed by atoms with Crippen molar-refractivity contribution in [1.29, 1.82) is 5.41 Å². The van der Waals surface area contributed by atoms with Gasteiger partial charge in [0.25, 0.3) is 0 Å². The molecule has 32 heavy (non-hydrogen) atoms. The maximum atomic E-state index is 8.89. The molecule has 1 unspecified atom stereocenters. The number of hydrogen-bond donors (Lipinski definition) is 2. The van der Waals surface area contributed by atoms with Crippen molar-refractivity contribution in [3.63, 3.8) is 0 Å². The van der Waals surface area contributed by atoms with E-state index in [4.69, 9.17) is 15.1 Å². The fourth-order valence-corrected chi connectivity index (χ4v) is 4.19. The number of pyridine rings is 1. The van der Waals surface area contributed by atoms with Gasteiger partial charge in [0.05, 0.1) is 18.2 Å². The van der Waals surface area contributed by atoms with E-state index in [-0.39, 0.29) is 5.92 Å². The van der Waals surface area contributed by atoms with Gasteiger partial charge in [-0.15, -0.1) is 0 Å². The molecule has 2 heterocycles. The topological polar surface area (TPSA) is 70.4 Å². The summed E-state index contributed by atoms with van der Waals surface area (Å²) in [5.74, 6) is 1.42. The summed E-state index contributed by atoms with van der Waals surface area (Å²) in [7, 11) is 0. The van der Waals surface area contributed by atoms with E-state index in [1.165, 1.54) is 24.0 Å². The van der Waals surface area contributed by atoms with Crippen LogP contribution >= 0.6 is 0 Å². The molecule has 0 radical (unpaired) electrons. The molecule has 1 aromatic heterocycles. The molecule has 1 aliphatic carbocycles. The first-order valence-corrected chi connectivity index (χ1v) is 11.3. The van der Waals surface area contributed by atoms with Gasteiger partial charge in [0.15, 0.2) is 0 Å². The summed E-state index contributed by atoms with van der Waals surface area (Å²) in [6, 6.07) is 20.7. The maximum absolute atomic E-state index is 8.89. The zero-order valence-corrected chi connectivity index (χ0v) is 18.1. The van der Waals surface area contributed by atoms with Crippen molar-refractivity contribution in [2.75, 3.05) is 19.6 Å². The Kier molecular flexibility index (Phi) is 6.08. The lowest BCUT2D eigenvalue weighted by atomic mass is 9.85. The highest BCUT2D eigenvalue weighted by Gasteiger charge is 2.25. The lowest BCUT2D eigenvalue weighted by Crippen LogP contribution is -2.37. The van der Waals surface area contributed by atoms with Crippen LogP contribution in [0.5, 0.6) is 5.75 Å². The molecule has 162 valence electrons. The number of aromatic nitrogens is 1. The molecule has 1 saturated carbocycles. The van der Waals surface area contributed by atoms with Gasteiger partial charge in [-0.2, -0.15) is 0 Å². The number of nitrogens with zero attached hydrogens (tertiary/aromatic N) is 2. The Morgan fingerprint density at radius 3 is 2.41 bits per heavy atom. The van der Waals surface area contributed by atoms with Crippen molar-refractivity contribution >= 4 is 11.4 Å². The van der Waals surface area contributed by atoms with E-state index >= 15 is 0 Å². The highest BCUT2D eigenvalue weighted by atomic mass is 16.5. The monoisotopic (exact) mass is 424 g/mol. The molecule has 5 heteroatoms. The van der Waals surface area contributed by atoms with Crippen LogP contribution in [0.3, 0.4) is 0 Å². The summed E-state index contributed by atoms with van der Waals surface area (Å²) in [5.41, 5.74) is 6.09. The summed E-state index contributed by atoms with van der Waals surface area (Å²) in [5, 5.41) is 12.3. The molecule has 1 fully saturated rings. The molecule has 1 atom stereocenters. The molecule has 2 aliphatic rings. The van der Waals surface area contributed by atoms with Crippen LogP contribution in [0.4, 0.5) is 0 Å². The van der Waals surface area contributed by atoms with Gasteiger partial charge >= 0.3 is 0 Å². The molecule has 2 N–H and O–H groups in total. The van der Waals surface area contributed by atoms with E-state index in [1.54, 1.807) is 12.4 Å². The van der Waals surface area contributed by atoms with Gasteiger partial charge in [-0.3, -0.25) is 9.98 Å². The van der Waals surface area contributed by atoms with E-state index in [1.807, 2.05) is 24.3 Å². The Bertz CT molecular complexity index is 1090. The number of hydrogen-bond acceptors (Lipinski definition) is 5. The Morgan fingerprint density at radius 2 is 1.75 bits per heavy atom. The molecule has 5 rings (SSSR count). The van der Waals surface area contributed by atoms with Gasteiger partial charge in [0.2, 0.25) is 0 Å². The summed E-state index contributed by atoms with van der Waals surface area (Å²) in [6.45, 7) is 2.88. The molecule has 3 aromatic rings. The van der Waals surface area contributed by atoms with Crippen molar-refractivity contribution in [1.82, 2.24) is 10.3 Å². The van der Waals surface area contributed by atoms with Gasteiger partial charge in [0.1, 0.15) is 12.4 Å². The van der Waals surface area contributed by atoms with Crippen molar-refractivity contribution in [2.45, 2.75) is 31.3 Å². The number of benzene rings is 2. The summed E-state index contributed by atoms with van der Waals surface area (Å²) in [6.07, 6.45) is 6.11. The third-order valence-electron chi connectivity index (χ3n) is 6.17. The van der Waals surface area contributed by atoms with Crippen molar-refractivity contribution in [3.05, 3.63) is 95.3 Å². The Labute approximate surface area is 189 Å². The standard InChI is InChI=1S/C27H28N4O/c28-27(23-11-13-29-14-12-23)26(25-17-30-15-16-31-25)22-7-9-24(10-8-22)32-18-19-1-3-20(4-2-19)21-5-6-21/h1-4,7-14,21,26,28,30H,5-6,15-18H2. The Balaban J connectivity index is 1.31.